The largest absolute Gasteiger partial charge is 0.317 e. The molecule has 7 nitrogen and oxygen atoms in total. The Labute approximate surface area is 172 Å². The van der Waals surface area contributed by atoms with Gasteiger partial charge < -0.3 is 16.0 Å². The Bertz CT molecular complexity index is 859. The van der Waals surface area contributed by atoms with E-state index in [-0.39, 0.29) is 23.7 Å². The molecule has 0 bridgehead atoms. The van der Waals surface area contributed by atoms with Crippen LogP contribution in [-0.4, -0.2) is 34.9 Å². The number of aromatic nitrogens is 2. The summed E-state index contributed by atoms with van der Waals surface area (Å²) in [6, 6.07) is 7.30. The summed E-state index contributed by atoms with van der Waals surface area (Å²) in [5, 5.41) is 9.98. The SMILES string of the molecule is CCNCC1CCC(C(=O)Nc2ccc3ccc(NC(=O)C(C)C)nc3n2)CC1. The zero-order valence-electron chi connectivity index (χ0n) is 17.5. The Hall–Kier alpha value is -2.54. The van der Waals surface area contributed by atoms with Gasteiger partial charge in [0.1, 0.15) is 11.6 Å². The second kappa shape index (κ2) is 9.78. The third-order valence-electron chi connectivity index (χ3n) is 5.48. The van der Waals surface area contributed by atoms with Gasteiger partial charge in [0.25, 0.3) is 0 Å². The van der Waals surface area contributed by atoms with Crippen LogP contribution in [0.1, 0.15) is 46.5 Å². The highest BCUT2D eigenvalue weighted by Crippen LogP contribution is 2.29. The van der Waals surface area contributed by atoms with Gasteiger partial charge in [-0.15, -0.1) is 0 Å². The molecule has 29 heavy (non-hydrogen) atoms. The summed E-state index contributed by atoms with van der Waals surface area (Å²) in [4.78, 5) is 33.4. The molecule has 0 radical (unpaired) electrons. The van der Waals surface area contributed by atoms with Crippen molar-refractivity contribution in [2.75, 3.05) is 23.7 Å². The molecule has 3 N–H and O–H groups in total. The van der Waals surface area contributed by atoms with E-state index in [0.29, 0.717) is 23.2 Å². The highest BCUT2D eigenvalue weighted by atomic mass is 16.2. The van der Waals surface area contributed by atoms with Crippen molar-refractivity contribution >= 4 is 34.5 Å². The molecule has 0 unspecified atom stereocenters. The molecule has 1 fully saturated rings. The standard InChI is InChI=1S/C22H31N5O2/c1-4-23-13-15-5-7-17(8-6-15)22(29)27-19-12-10-16-9-11-18(24-20(16)25-19)26-21(28)14(2)3/h9-12,14-15,17,23H,4-8,13H2,1-3H3,(H2,24,25,26,27,28,29). The molecule has 0 saturated heterocycles. The first-order chi connectivity index (χ1) is 14.0. The van der Waals surface area contributed by atoms with E-state index in [1.807, 2.05) is 26.0 Å². The fourth-order valence-electron chi connectivity index (χ4n) is 3.61. The molecule has 2 amide bonds. The number of nitrogens with zero attached hydrogens (tertiary/aromatic N) is 2. The zero-order chi connectivity index (χ0) is 20.8. The molecule has 1 aliphatic rings. The van der Waals surface area contributed by atoms with Crippen LogP contribution in [0.2, 0.25) is 0 Å². The van der Waals surface area contributed by atoms with Gasteiger partial charge in [-0.2, -0.15) is 0 Å². The highest BCUT2D eigenvalue weighted by molar-refractivity contribution is 5.94. The van der Waals surface area contributed by atoms with Crippen molar-refractivity contribution in [1.82, 2.24) is 15.3 Å². The van der Waals surface area contributed by atoms with E-state index in [1.165, 1.54) is 0 Å². The number of carbonyl (C=O) groups is 2. The summed E-state index contributed by atoms with van der Waals surface area (Å²) in [6.07, 6.45) is 3.99. The molecule has 3 rings (SSSR count). The molecule has 2 aromatic heterocycles. The van der Waals surface area contributed by atoms with E-state index in [9.17, 15) is 9.59 Å². The molecule has 0 atom stereocenters. The van der Waals surface area contributed by atoms with Gasteiger partial charge in [0.15, 0.2) is 5.65 Å². The molecule has 7 heteroatoms. The Morgan fingerprint density at radius 1 is 1.00 bits per heavy atom. The van der Waals surface area contributed by atoms with Gasteiger partial charge in [-0.1, -0.05) is 20.8 Å². The number of fused-ring (bicyclic) bond motifs is 1. The lowest BCUT2D eigenvalue weighted by Crippen LogP contribution is -2.31. The first-order valence-electron chi connectivity index (χ1n) is 10.6. The first-order valence-corrected chi connectivity index (χ1v) is 10.6. The molecular weight excluding hydrogens is 366 g/mol. The minimum absolute atomic E-state index is 0.0306. The summed E-state index contributed by atoms with van der Waals surface area (Å²) in [5.41, 5.74) is 0.499. The Morgan fingerprint density at radius 3 is 2.21 bits per heavy atom. The lowest BCUT2D eigenvalue weighted by molar-refractivity contribution is -0.121. The normalized spacial score (nSPS) is 19.3. The first kappa shape index (κ1) is 21.2. The number of rotatable bonds is 7. The van der Waals surface area contributed by atoms with Crippen LogP contribution in [-0.2, 0) is 9.59 Å². The molecular formula is C22H31N5O2. The number of carbonyl (C=O) groups excluding carboxylic acids is 2. The van der Waals surface area contributed by atoms with E-state index < -0.39 is 0 Å². The fraction of sp³-hybridized carbons (Fsp3) is 0.545. The van der Waals surface area contributed by atoms with Crippen molar-refractivity contribution < 1.29 is 9.59 Å². The number of hydrogen-bond acceptors (Lipinski definition) is 5. The molecule has 1 aliphatic carbocycles. The lowest BCUT2D eigenvalue weighted by atomic mass is 9.81. The van der Waals surface area contributed by atoms with Gasteiger partial charge >= 0.3 is 0 Å². The van der Waals surface area contributed by atoms with Crippen molar-refractivity contribution in [2.24, 2.45) is 17.8 Å². The van der Waals surface area contributed by atoms with Crippen LogP contribution in [0.25, 0.3) is 11.0 Å². The van der Waals surface area contributed by atoms with Crippen LogP contribution < -0.4 is 16.0 Å². The van der Waals surface area contributed by atoms with Crippen LogP contribution in [0, 0.1) is 17.8 Å². The van der Waals surface area contributed by atoms with E-state index in [0.717, 1.165) is 44.2 Å². The molecule has 1 saturated carbocycles. The van der Waals surface area contributed by atoms with E-state index in [4.69, 9.17) is 0 Å². The third-order valence-corrected chi connectivity index (χ3v) is 5.48. The topological polar surface area (TPSA) is 96.0 Å². The third kappa shape index (κ3) is 5.73. The predicted octanol–water partition coefficient (Wildman–Crippen LogP) is 3.58. The fourth-order valence-corrected chi connectivity index (χ4v) is 3.61. The lowest BCUT2D eigenvalue weighted by Gasteiger charge is -2.27. The summed E-state index contributed by atoms with van der Waals surface area (Å²) in [6.45, 7) is 7.81. The Balaban J connectivity index is 1.62. The average molecular weight is 398 g/mol. The van der Waals surface area contributed by atoms with Crippen LogP contribution in [0.3, 0.4) is 0 Å². The zero-order valence-corrected chi connectivity index (χ0v) is 17.5. The predicted molar refractivity (Wildman–Crippen MR) is 116 cm³/mol. The van der Waals surface area contributed by atoms with Gasteiger partial charge in [-0.3, -0.25) is 9.59 Å². The maximum Gasteiger partial charge on any atom is 0.228 e. The van der Waals surface area contributed by atoms with Gasteiger partial charge in [0.05, 0.1) is 0 Å². The van der Waals surface area contributed by atoms with E-state index >= 15 is 0 Å². The molecule has 156 valence electrons. The van der Waals surface area contributed by atoms with Crippen molar-refractivity contribution in [3.8, 4) is 0 Å². The molecule has 2 aromatic rings. The highest BCUT2D eigenvalue weighted by Gasteiger charge is 2.26. The molecule has 0 aliphatic heterocycles. The Morgan fingerprint density at radius 2 is 1.62 bits per heavy atom. The average Bonchev–Trinajstić information content (AvgIpc) is 2.72. The summed E-state index contributed by atoms with van der Waals surface area (Å²) in [7, 11) is 0. The number of pyridine rings is 2. The minimum Gasteiger partial charge on any atom is -0.317 e. The van der Waals surface area contributed by atoms with Gasteiger partial charge in [-0.05, 0) is 69.0 Å². The summed E-state index contributed by atoms with van der Waals surface area (Å²) >= 11 is 0. The quantitative estimate of drug-likeness (QED) is 0.664. The molecule has 0 aromatic carbocycles. The van der Waals surface area contributed by atoms with Crippen molar-refractivity contribution in [2.45, 2.75) is 46.5 Å². The second-order valence-electron chi connectivity index (χ2n) is 8.10. The number of anilines is 2. The monoisotopic (exact) mass is 397 g/mol. The van der Waals surface area contributed by atoms with Gasteiger partial charge in [0, 0.05) is 17.2 Å². The van der Waals surface area contributed by atoms with Crippen molar-refractivity contribution in [1.29, 1.82) is 0 Å². The Kier molecular flexibility index (Phi) is 7.14. The number of amides is 2. The van der Waals surface area contributed by atoms with Crippen LogP contribution in [0.5, 0.6) is 0 Å². The maximum absolute atomic E-state index is 12.7. The second-order valence-corrected chi connectivity index (χ2v) is 8.10. The smallest absolute Gasteiger partial charge is 0.228 e. The summed E-state index contributed by atoms with van der Waals surface area (Å²) < 4.78 is 0. The molecule has 2 heterocycles. The van der Waals surface area contributed by atoms with E-state index in [2.05, 4.69) is 32.8 Å². The maximum atomic E-state index is 12.7. The van der Waals surface area contributed by atoms with E-state index in [1.54, 1.807) is 12.1 Å². The molecule has 0 spiro atoms. The number of nitrogens with one attached hydrogen (secondary N) is 3. The van der Waals surface area contributed by atoms with Crippen LogP contribution >= 0.6 is 0 Å². The van der Waals surface area contributed by atoms with Crippen molar-refractivity contribution in [3.05, 3.63) is 24.3 Å². The van der Waals surface area contributed by atoms with Crippen LogP contribution in [0.15, 0.2) is 24.3 Å². The van der Waals surface area contributed by atoms with Gasteiger partial charge in [-0.25, -0.2) is 9.97 Å². The van der Waals surface area contributed by atoms with Crippen molar-refractivity contribution in [3.63, 3.8) is 0 Å². The van der Waals surface area contributed by atoms with Gasteiger partial charge in [0.2, 0.25) is 11.8 Å². The minimum atomic E-state index is -0.126. The summed E-state index contributed by atoms with van der Waals surface area (Å²) in [5.74, 6) is 1.48. The number of hydrogen-bond donors (Lipinski definition) is 3. The van der Waals surface area contributed by atoms with Crippen LogP contribution in [0.4, 0.5) is 11.6 Å².